The van der Waals surface area contributed by atoms with E-state index >= 15 is 0 Å². The second-order valence-corrected chi connectivity index (χ2v) is 4.03. The van der Waals surface area contributed by atoms with Gasteiger partial charge in [-0.1, -0.05) is 0 Å². The molecule has 2 N–H and O–H groups in total. The molecule has 1 rings (SSSR count). The topological polar surface area (TPSA) is 32.5 Å². The van der Waals surface area contributed by atoms with Crippen LogP contribution in [0.2, 0.25) is 0 Å². The first-order valence-electron chi connectivity index (χ1n) is 5.65. The van der Waals surface area contributed by atoms with Crippen molar-refractivity contribution < 1.29 is 8.78 Å². The highest BCUT2D eigenvalue weighted by molar-refractivity contribution is 5.86. The Morgan fingerprint density at radius 2 is 1.39 bits per heavy atom. The highest BCUT2D eigenvalue weighted by atomic mass is 35.5. The average Bonchev–Trinajstić information content (AvgIpc) is 2.20. The fourth-order valence-corrected chi connectivity index (χ4v) is 1.87. The number of hydrogen-bond donors (Lipinski definition) is 1. The van der Waals surface area contributed by atoms with Crippen molar-refractivity contribution in [3.63, 3.8) is 0 Å². The molecule has 0 saturated carbocycles. The Morgan fingerprint density at radius 3 is 1.83 bits per heavy atom. The normalized spacial score (nSPS) is 16.7. The smallest absolute Gasteiger partial charge is 0.251 e. The number of nitrogens with two attached hydrogens (primary N) is 1. The van der Waals surface area contributed by atoms with Crippen LogP contribution < -0.4 is 5.73 Å². The first-order valence-corrected chi connectivity index (χ1v) is 5.65. The summed E-state index contributed by atoms with van der Waals surface area (Å²) in [5.41, 5.74) is 5.41. The molecule has 3 nitrogen and oxygen atoms in total. The van der Waals surface area contributed by atoms with Gasteiger partial charge in [-0.2, -0.15) is 0 Å². The summed E-state index contributed by atoms with van der Waals surface area (Å²) >= 11 is 0. The molecule has 0 unspecified atom stereocenters. The van der Waals surface area contributed by atoms with Crippen LogP contribution in [0.1, 0.15) is 12.8 Å². The quantitative estimate of drug-likeness (QED) is 0.755. The lowest BCUT2D eigenvalue weighted by molar-refractivity contribution is 0.0559. The number of rotatable bonds is 6. The van der Waals surface area contributed by atoms with Gasteiger partial charge in [-0.05, 0) is 25.9 Å². The summed E-state index contributed by atoms with van der Waals surface area (Å²) in [7, 11) is 0. The largest absolute Gasteiger partial charge is 0.330 e. The van der Waals surface area contributed by atoms with E-state index in [1.54, 1.807) is 0 Å². The van der Waals surface area contributed by atoms with E-state index in [1.165, 1.54) is 0 Å². The van der Waals surface area contributed by atoms with Crippen molar-refractivity contribution in [2.45, 2.75) is 19.3 Å². The summed E-state index contributed by atoms with van der Waals surface area (Å²) in [6, 6.07) is 0. The van der Waals surface area contributed by atoms with Crippen LogP contribution >= 0.6 is 37.2 Å². The maximum atomic E-state index is 12.1. The minimum Gasteiger partial charge on any atom is -0.330 e. The van der Waals surface area contributed by atoms with Crippen molar-refractivity contribution in [2.75, 3.05) is 45.8 Å². The van der Waals surface area contributed by atoms with E-state index in [0.717, 1.165) is 52.1 Å². The van der Waals surface area contributed by atoms with E-state index in [1.807, 2.05) is 4.90 Å². The molecule has 18 heavy (non-hydrogen) atoms. The Balaban J connectivity index is -0.000000750. The number of piperazine rings is 1. The lowest BCUT2D eigenvalue weighted by atomic mass is 10.2. The van der Waals surface area contributed by atoms with Crippen molar-refractivity contribution >= 4 is 37.2 Å². The van der Waals surface area contributed by atoms with Gasteiger partial charge in [-0.15, -0.1) is 37.2 Å². The molecule has 114 valence electrons. The number of alkyl halides is 2. The molecule has 0 amide bonds. The van der Waals surface area contributed by atoms with Crippen LogP contribution in [0.4, 0.5) is 8.78 Å². The van der Waals surface area contributed by atoms with Gasteiger partial charge in [0.25, 0.3) is 6.43 Å². The first-order chi connectivity index (χ1) is 7.22. The summed E-state index contributed by atoms with van der Waals surface area (Å²) < 4.78 is 24.2. The SMILES string of the molecule is Cl.Cl.Cl.NCCCCN1CCN(CC(F)F)CC1. The van der Waals surface area contributed by atoms with Crippen LogP contribution in [0.15, 0.2) is 0 Å². The molecular formula is C10H24Cl3F2N3. The Bertz CT molecular complexity index is 170. The lowest BCUT2D eigenvalue weighted by Crippen LogP contribution is -2.47. The van der Waals surface area contributed by atoms with Gasteiger partial charge in [0, 0.05) is 26.2 Å². The van der Waals surface area contributed by atoms with Crippen LogP contribution in [-0.2, 0) is 0 Å². The number of nitrogens with zero attached hydrogens (tertiary/aromatic N) is 2. The third-order valence-electron chi connectivity index (χ3n) is 2.79. The summed E-state index contributed by atoms with van der Waals surface area (Å²) in [6.45, 7) is 5.09. The fraction of sp³-hybridized carbons (Fsp3) is 1.00. The molecule has 1 saturated heterocycles. The average molecular weight is 331 g/mol. The third-order valence-corrected chi connectivity index (χ3v) is 2.79. The second-order valence-electron chi connectivity index (χ2n) is 4.03. The number of unbranched alkanes of at least 4 members (excludes halogenated alkanes) is 1. The number of halogens is 5. The molecule has 1 aliphatic heterocycles. The van der Waals surface area contributed by atoms with E-state index < -0.39 is 6.43 Å². The van der Waals surface area contributed by atoms with Gasteiger partial charge >= 0.3 is 0 Å². The van der Waals surface area contributed by atoms with Crippen molar-refractivity contribution in [3.8, 4) is 0 Å². The van der Waals surface area contributed by atoms with Gasteiger partial charge in [0.2, 0.25) is 0 Å². The Hall–Kier alpha value is 0.610. The minimum atomic E-state index is -2.20. The van der Waals surface area contributed by atoms with Gasteiger partial charge in [0.05, 0.1) is 6.54 Å². The van der Waals surface area contributed by atoms with Crippen molar-refractivity contribution in [1.29, 1.82) is 0 Å². The van der Waals surface area contributed by atoms with Gasteiger partial charge < -0.3 is 10.6 Å². The second kappa shape index (κ2) is 14.0. The predicted molar refractivity (Wildman–Crippen MR) is 78.9 cm³/mol. The molecule has 0 atom stereocenters. The van der Waals surface area contributed by atoms with Gasteiger partial charge in [0.15, 0.2) is 0 Å². The Morgan fingerprint density at radius 1 is 0.889 bits per heavy atom. The molecule has 1 heterocycles. The number of hydrogen-bond acceptors (Lipinski definition) is 3. The maximum absolute atomic E-state index is 12.1. The molecule has 8 heteroatoms. The molecule has 0 aromatic heterocycles. The molecule has 0 aromatic carbocycles. The summed E-state index contributed by atoms with van der Waals surface area (Å²) in [6.07, 6.45) is -0.0310. The Kier molecular flexibility index (Phi) is 18.5. The van der Waals surface area contributed by atoms with Crippen LogP contribution in [0.3, 0.4) is 0 Å². The van der Waals surface area contributed by atoms with E-state index in [-0.39, 0.29) is 43.8 Å². The standard InChI is InChI=1S/C10H21F2N3.3ClH/c11-10(12)9-15-7-5-14(6-8-15)4-2-1-3-13;;;/h10H,1-9,13H2;3*1H. The van der Waals surface area contributed by atoms with Gasteiger partial charge in [-0.3, -0.25) is 4.90 Å². The van der Waals surface area contributed by atoms with Crippen LogP contribution in [0.25, 0.3) is 0 Å². The summed E-state index contributed by atoms with van der Waals surface area (Å²) in [5, 5.41) is 0. The molecule has 0 radical (unpaired) electrons. The van der Waals surface area contributed by atoms with Crippen LogP contribution in [0, 0.1) is 0 Å². The van der Waals surface area contributed by atoms with E-state index in [4.69, 9.17) is 5.73 Å². The van der Waals surface area contributed by atoms with Crippen LogP contribution in [0.5, 0.6) is 0 Å². The molecule has 0 bridgehead atoms. The highest BCUT2D eigenvalue weighted by Crippen LogP contribution is 2.05. The van der Waals surface area contributed by atoms with Crippen molar-refractivity contribution in [3.05, 3.63) is 0 Å². The molecule has 1 fully saturated rings. The maximum Gasteiger partial charge on any atom is 0.251 e. The third kappa shape index (κ3) is 10.5. The molecular weight excluding hydrogens is 306 g/mol. The van der Waals surface area contributed by atoms with E-state index in [2.05, 4.69) is 4.90 Å². The van der Waals surface area contributed by atoms with Crippen molar-refractivity contribution in [2.24, 2.45) is 5.73 Å². The molecule has 1 aliphatic rings. The zero-order valence-corrected chi connectivity index (χ0v) is 12.8. The molecule has 0 spiro atoms. The minimum absolute atomic E-state index is 0. The van der Waals surface area contributed by atoms with E-state index in [0.29, 0.717) is 0 Å². The predicted octanol–water partition coefficient (Wildman–Crippen LogP) is 1.87. The van der Waals surface area contributed by atoms with E-state index in [9.17, 15) is 8.78 Å². The van der Waals surface area contributed by atoms with Crippen LogP contribution in [-0.4, -0.2) is 62.0 Å². The fourth-order valence-electron chi connectivity index (χ4n) is 1.87. The summed E-state index contributed by atoms with van der Waals surface area (Å²) in [4.78, 5) is 4.17. The molecule has 0 aliphatic carbocycles. The van der Waals surface area contributed by atoms with Gasteiger partial charge in [0.1, 0.15) is 0 Å². The zero-order chi connectivity index (χ0) is 11.1. The lowest BCUT2D eigenvalue weighted by Gasteiger charge is -2.34. The summed E-state index contributed by atoms with van der Waals surface area (Å²) in [5.74, 6) is 0. The highest BCUT2D eigenvalue weighted by Gasteiger charge is 2.18. The zero-order valence-electron chi connectivity index (χ0n) is 10.4. The monoisotopic (exact) mass is 329 g/mol. The molecule has 0 aromatic rings. The van der Waals surface area contributed by atoms with Crippen molar-refractivity contribution in [1.82, 2.24) is 9.80 Å². The first kappa shape index (κ1) is 23.7. The Labute approximate surface area is 127 Å². The van der Waals surface area contributed by atoms with Gasteiger partial charge in [-0.25, -0.2) is 8.78 Å².